The Labute approximate surface area is 141 Å². The van der Waals surface area contributed by atoms with Crippen molar-refractivity contribution in [2.24, 2.45) is 4.99 Å². The Kier molecular flexibility index (Phi) is 4.55. The van der Waals surface area contributed by atoms with Crippen LogP contribution in [0.3, 0.4) is 0 Å². The molecule has 0 aliphatic carbocycles. The summed E-state index contributed by atoms with van der Waals surface area (Å²) in [5.41, 5.74) is 5.80. The first-order valence-electron chi connectivity index (χ1n) is 7.73. The van der Waals surface area contributed by atoms with Crippen LogP contribution < -0.4 is 11.1 Å². The smallest absolute Gasteiger partial charge is 0.414 e. The number of nitrogen functional groups attached to an aromatic ring is 1. The fraction of sp³-hybridized carbons (Fsp3) is 0.471. The number of nitrogens with one attached hydrogen (secondary N) is 1. The van der Waals surface area contributed by atoms with Crippen molar-refractivity contribution in [3.05, 3.63) is 29.8 Å². The van der Waals surface area contributed by atoms with Gasteiger partial charge in [0, 0.05) is 12.7 Å². The van der Waals surface area contributed by atoms with E-state index < -0.39 is 17.2 Å². The molecule has 0 fully saturated rings. The van der Waals surface area contributed by atoms with Crippen molar-refractivity contribution >= 4 is 23.6 Å². The highest BCUT2D eigenvalue weighted by molar-refractivity contribution is 6.04. The largest absolute Gasteiger partial charge is 0.444 e. The van der Waals surface area contributed by atoms with Gasteiger partial charge < -0.3 is 10.5 Å². The number of nitrogens with zero attached hydrogens (tertiary/aromatic N) is 2. The highest BCUT2D eigenvalue weighted by Crippen LogP contribution is 2.33. The number of ether oxygens (including phenoxy) is 1. The monoisotopic (exact) mass is 332 g/mol. The van der Waals surface area contributed by atoms with Crippen LogP contribution in [0.15, 0.2) is 29.3 Å². The molecule has 2 rings (SSSR count). The lowest BCUT2D eigenvalue weighted by molar-refractivity contribution is -0.128. The number of benzene rings is 1. The summed E-state index contributed by atoms with van der Waals surface area (Å²) in [4.78, 5) is 30.3. The molecule has 24 heavy (non-hydrogen) atoms. The lowest BCUT2D eigenvalue weighted by Crippen LogP contribution is -2.52. The molecule has 7 heteroatoms. The molecule has 1 aliphatic rings. The number of hydrogen-bond donors (Lipinski definition) is 2. The Morgan fingerprint density at radius 3 is 2.67 bits per heavy atom. The molecule has 3 N–H and O–H groups in total. The summed E-state index contributed by atoms with van der Waals surface area (Å²) < 4.78 is 5.23. The van der Waals surface area contributed by atoms with Crippen LogP contribution in [0, 0.1) is 0 Å². The Morgan fingerprint density at radius 2 is 2.08 bits per heavy atom. The van der Waals surface area contributed by atoms with E-state index in [2.05, 4.69) is 10.3 Å². The molecule has 2 amide bonds. The van der Waals surface area contributed by atoms with Crippen molar-refractivity contribution < 1.29 is 14.3 Å². The first-order chi connectivity index (χ1) is 11.0. The minimum atomic E-state index is -0.802. The van der Waals surface area contributed by atoms with Gasteiger partial charge in [-0.2, -0.15) is 0 Å². The second-order valence-electron chi connectivity index (χ2n) is 7.09. The number of anilines is 1. The summed E-state index contributed by atoms with van der Waals surface area (Å²) in [5, 5.41) is 2.56. The molecule has 0 bridgehead atoms. The van der Waals surface area contributed by atoms with Gasteiger partial charge in [0.05, 0.1) is 12.0 Å². The summed E-state index contributed by atoms with van der Waals surface area (Å²) in [6, 6.07) is 7.24. The van der Waals surface area contributed by atoms with E-state index in [4.69, 9.17) is 10.5 Å². The van der Waals surface area contributed by atoms with Crippen LogP contribution >= 0.6 is 0 Å². The summed E-state index contributed by atoms with van der Waals surface area (Å²) in [5.74, 6) is 0.00593. The van der Waals surface area contributed by atoms with Gasteiger partial charge in [-0.15, -0.1) is 0 Å². The summed E-state index contributed by atoms with van der Waals surface area (Å²) >= 11 is 0. The van der Waals surface area contributed by atoms with Crippen LogP contribution in [-0.2, 0) is 15.1 Å². The van der Waals surface area contributed by atoms with Gasteiger partial charge in [-0.25, -0.2) is 9.79 Å². The van der Waals surface area contributed by atoms with Gasteiger partial charge in [0.1, 0.15) is 5.60 Å². The van der Waals surface area contributed by atoms with Gasteiger partial charge >= 0.3 is 6.09 Å². The van der Waals surface area contributed by atoms with E-state index in [-0.39, 0.29) is 18.3 Å². The number of alkyl carbamates (subject to hydrolysis) is 1. The highest BCUT2D eigenvalue weighted by Gasteiger charge is 2.37. The van der Waals surface area contributed by atoms with E-state index in [9.17, 15) is 9.59 Å². The van der Waals surface area contributed by atoms with Crippen molar-refractivity contribution in [3.8, 4) is 0 Å². The first-order valence-corrected chi connectivity index (χ1v) is 7.73. The molecular weight excluding hydrogens is 308 g/mol. The van der Waals surface area contributed by atoms with Crippen LogP contribution in [-0.4, -0.2) is 35.5 Å². The van der Waals surface area contributed by atoms with Crippen LogP contribution in [0.5, 0.6) is 0 Å². The maximum atomic E-state index is 12.4. The highest BCUT2D eigenvalue weighted by atomic mass is 16.6. The fourth-order valence-corrected chi connectivity index (χ4v) is 2.43. The molecule has 0 spiro atoms. The standard InChI is InChI=1S/C17H24N4O3/c1-16(2,3)24-15(23)19-14-20-17(4,10-13(22)21(14)5)11-7-6-8-12(18)9-11/h6-9H,10,18H2,1-5H3,(H,19,20,23). The van der Waals surface area contributed by atoms with E-state index in [0.717, 1.165) is 5.56 Å². The van der Waals surface area contributed by atoms with Gasteiger partial charge in [-0.05, 0) is 45.4 Å². The Hall–Kier alpha value is -2.57. The molecular formula is C17H24N4O3. The van der Waals surface area contributed by atoms with Gasteiger partial charge in [-0.3, -0.25) is 15.0 Å². The predicted octanol–water partition coefficient (Wildman–Crippen LogP) is 2.23. The van der Waals surface area contributed by atoms with E-state index in [1.807, 2.05) is 19.1 Å². The van der Waals surface area contributed by atoms with E-state index in [0.29, 0.717) is 5.69 Å². The molecule has 1 atom stereocenters. The zero-order valence-corrected chi connectivity index (χ0v) is 14.7. The number of hydrogen-bond acceptors (Lipinski definition) is 5. The van der Waals surface area contributed by atoms with E-state index in [1.54, 1.807) is 40.0 Å². The van der Waals surface area contributed by atoms with Crippen LogP contribution in [0.2, 0.25) is 0 Å². The molecule has 1 heterocycles. The lowest BCUT2D eigenvalue weighted by Gasteiger charge is -2.35. The third kappa shape index (κ3) is 4.04. The second-order valence-corrected chi connectivity index (χ2v) is 7.09. The fourth-order valence-electron chi connectivity index (χ4n) is 2.43. The zero-order chi connectivity index (χ0) is 18.1. The number of rotatable bonds is 1. The van der Waals surface area contributed by atoms with Crippen molar-refractivity contribution in [3.63, 3.8) is 0 Å². The average molecular weight is 332 g/mol. The number of carbonyl (C=O) groups is 2. The Bertz CT molecular complexity index is 693. The van der Waals surface area contributed by atoms with E-state index >= 15 is 0 Å². The number of nitrogens with two attached hydrogens (primary N) is 1. The molecule has 0 aromatic heterocycles. The van der Waals surface area contributed by atoms with Crippen LogP contribution in [0.4, 0.5) is 10.5 Å². The van der Waals surface area contributed by atoms with Gasteiger partial charge in [0.2, 0.25) is 11.9 Å². The number of aliphatic imine (C=N–C) groups is 1. The quantitative estimate of drug-likeness (QED) is 0.771. The average Bonchev–Trinajstić information content (AvgIpc) is 2.42. The van der Waals surface area contributed by atoms with Crippen molar-refractivity contribution in [1.29, 1.82) is 0 Å². The molecule has 0 radical (unpaired) electrons. The van der Waals surface area contributed by atoms with Gasteiger partial charge in [0.25, 0.3) is 0 Å². The van der Waals surface area contributed by atoms with Gasteiger partial charge in [0.15, 0.2) is 0 Å². The lowest BCUT2D eigenvalue weighted by atomic mass is 9.87. The van der Waals surface area contributed by atoms with Crippen LogP contribution in [0.1, 0.15) is 39.7 Å². The normalized spacial score (nSPS) is 21.3. The maximum absolute atomic E-state index is 12.4. The number of amides is 2. The summed E-state index contributed by atoms with van der Waals surface area (Å²) in [7, 11) is 1.57. The third-order valence-electron chi connectivity index (χ3n) is 3.66. The van der Waals surface area contributed by atoms with Crippen molar-refractivity contribution in [1.82, 2.24) is 10.2 Å². The second kappa shape index (κ2) is 6.14. The molecule has 0 saturated heterocycles. The maximum Gasteiger partial charge on any atom is 0.414 e. The topological polar surface area (TPSA) is 97.0 Å². The Morgan fingerprint density at radius 1 is 1.42 bits per heavy atom. The van der Waals surface area contributed by atoms with E-state index in [1.165, 1.54) is 4.90 Å². The first kappa shape index (κ1) is 17.8. The van der Waals surface area contributed by atoms with Crippen molar-refractivity contribution in [2.45, 2.75) is 45.3 Å². The molecule has 7 nitrogen and oxygen atoms in total. The van der Waals surface area contributed by atoms with Crippen LogP contribution in [0.25, 0.3) is 0 Å². The molecule has 1 unspecified atom stereocenters. The van der Waals surface area contributed by atoms with Crippen molar-refractivity contribution in [2.75, 3.05) is 12.8 Å². The summed E-state index contributed by atoms with van der Waals surface area (Å²) in [6.45, 7) is 7.13. The minimum Gasteiger partial charge on any atom is -0.444 e. The Balaban J connectivity index is 2.33. The molecule has 130 valence electrons. The molecule has 1 aliphatic heterocycles. The minimum absolute atomic E-state index is 0.152. The molecule has 0 saturated carbocycles. The number of carbonyl (C=O) groups excluding carboxylic acids is 2. The zero-order valence-electron chi connectivity index (χ0n) is 14.7. The van der Waals surface area contributed by atoms with Gasteiger partial charge in [-0.1, -0.05) is 12.1 Å². The number of guanidine groups is 1. The molecule has 1 aromatic carbocycles. The molecule has 1 aromatic rings. The summed E-state index contributed by atoms with van der Waals surface area (Å²) in [6.07, 6.45) is -0.468. The third-order valence-corrected chi connectivity index (χ3v) is 3.66. The SMILES string of the molecule is CN1C(=O)CC(C)(c2cccc(N)c2)N=C1NC(=O)OC(C)(C)C. The predicted molar refractivity (Wildman–Crippen MR) is 92.4 cm³/mol.